The number of nitrogens with zero attached hydrogens (tertiary/aromatic N) is 2. The maximum atomic E-state index is 14.0. The summed E-state index contributed by atoms with van der Waals surface area (Å²) >= 11 is 1.19. The highest BCUT2D eigenvalue weighted by molar-refractivity contribution is 7.21. The van der Waals surface area contributed by atoms with E-state index in [1.165, 1.54) is 24.2 Å². The van der Waals surface area contributed by atoms with Gasteiger partial charge >= 0.3 is 0 Å². The average Bonchev–Trinajstić information content (AvgIpc) is 3.23. The minimum Gasteiger partial charge on any atom is -0.384 e. The second-order valence-electron chi connectivity index (χ2n) is 6.42. The van der Waals surface area contributed by atoms with E-state index in [1.54, 1.807) is 0 Å². The van der Waals surface area contributed by atoms with Gasteiger partial charge in [-0.05, 0) is 44.1 Å². The lowest BCUT2D eigenvalue weighted by molar-refractivity contribution is 0.353. The zero-order valence-electron chi connectivity index (χ0n) is 14.1. The summed E-state index contributed by atoms with van der Waals surface area (Å²) in [6, 6.07) is 7.02. The summed E-state index contributed by atoms with van der Waals surface area (Å²) in [6.45, 7) is 4.16. The van der Waals surface area contributed by atoms with Gasteiger partial charge < -0.3 is 10.2 Å². The Balaban J connectivity index is 1.54. The van der Waals surface area contributed by atoms with Gasteiger partial charge in [-0.3, -0.25) is 0 Å². The number of anilines is 1. The van der Waals surface area contributed by atoms with Crippen molar-refractivity contribution in [3.05, 3.63) is 47.8 Å². The lowest BCUT2D eigenvalue weighted by Crippen LogP contribution is -2.25. The molecule has 7 heteroatoms. The van der Waals surface area contributed by atoms with Crippen molar-refractivity contribution in [1.82, 2.24) is 9.88 Å². The van der Waals surface area contributed by atoms with Crippen molar-refractivity contribution in [2.45, 2.75) is 12.8 Å². The summed E-state index contributed by atoms with van der Waals surface area (Å²) in [5.74, 6) is -2.81. The van der Waals surface area contributed by atoms with Crippen molar-refractivity contribution in [1.29, 1.82) is 0 Å². The van der Waals surface area contributed by atoms with Crippen molar-refractivity contribution in [3.63, 3.8) is 0 Å². The van der Waals surface area contributed by atoms with Crippen LogP contribution in [-0.2, 0) is 0 Å². The quantitative estimate of drug-likeness (QED) is 0.686. The first-order valence-corrected chi connectivity index (χ1v) is 9.43. The normalized spacial score (nSPS) is 15.0. The molecule has 4 rings (SSSR count). The lowest BCUT2D eigenvalue weighted by Gasteiger charge is -2.15. The van der Waals surface area contributed by atoms with E-state index in [2.05, 4.69) is 15.2 Å². The number of fused-ring (bicyclic) bond motifs is 1. The second kappa shape index (κ2) is 7.25. The predicted octanol–water partition coefficient (Wildman–Crippen LogP) is 4.89. The van der Waals surface area contributed by atoms with Gasteiger partial charge in [-0.2, -0.15) is 0 Å². The number of likely N-dealkylation sites (tertiary alicyclic amines) is 1. The number of thiazole rings is 1. The molecule has 0 radical (unpaired) electrons. The van der Waals surface area contributed by atoms with Crippen LogP contribution in [0.3, 0.4) is 0 Å². The predicted molar refractivity (Wildman–Crippen MR) is 99.1 cm³/mol. The molecule has 0 unspecified atom stereocenters. The van der Waals surface area contributed by atoms with Gasteiger partial charge in [0.15, 0.2) is 0 Å². The largest absolute Gasteiger partial charge is 0.384 e. The van der Waals surface area contributed by atoms with E-state index in [-0.39, 0.29) is 10.6 Å². The zero-order chi connectivity index (χ0) is 18.1. The number of nitrogens with one attached hydrogen (secondary N) is 1. The van der Waals surface area contributed by atoms with Gasteiger partial charge in [0.05, 0.1) is 15.8 Å². The van der Waals surface area contributed by atoms with Crippen LogP contribution < -0.4 is 5.32 Å². The number of hydrogen-bond donors (Lipinski definition) is 1. The molecular weight excluding hydrogens is 359 g/mol. The van der Waals surface area contributed by atoms with E-state index in [0.29, 0.717) is 17.6 Å². The first-order valence-electron chi connectivity index (χ1n) is 8.62. The summed E-state index contributed by atoms with van der Waals surface area (Å²) in [4.78, 5) is 6.73. The van der Waals surface area contributed by atoms with E-state index in [9.17, 15) is 13.2 Å². The highest BCUT2D eigenvalue weighted by Crippen LogP contribution is 2.34. The van der Waals surface area contributed by atoms with Crippen LogP contribution in [0, 0.1) is 17.5 Å². The van der Waals surface area contributed by atoms with E-state index in [0.717, 1.165) is 36.6 Å². The maximum Gasteiger partial charge on any atom is 0.139 e. The Morgan fingerprint density at radius 2 is 1.77 bits per heavy atom. The summed E-state index contributed by atoms with van der Waals surface area (Å²) in [7, 11) is 0. The fourth-order valence-corrected chi connectivity index (χ4v) is 4.31. The highest BCUT2D eigenvalue weighted by atomic mass is 32.1. The van der Waals surface area contributed by atoms with Crippen LogP contribution in [0.1, 0.15) is 12.8 Å². The minimum absolute atomic E-state index is 0.212. The number of aromatic nitrogens is 1. The van der Waals surface area contributed by atoms with Gasteiger partial charge in [-0.1, -0.05) is 0 Å². The molecule has 0 spiro atoms. The van der Waals surface area contributed by atoms with Crippen LogP contribution in [0.15, 0.2) is 30.3 Å². The topological polar surface area (TPSA) is 28.2 Å². The number of rotatable bonds is 5. The Labute approximate surface area is 153 Å². The van der Waals surface area contributed by atoms with E-state index >= 15 is 0 Å². The average molecular weight is 377 g/mol. The van der Waals surface area contributed by atoms with Gasteiger partial charge in [-0.15, -0.1) is 11.3 Å². The van der Waals surface area contributed by atoms with Gasteiger partial charge in [-0.25, -0.2) is 18.2 Å². The monoisotopic (exact) mass is 377 g/mol. The molecule has 3 nitrogen and oxygen atoms in total. The van der Waals surface area contributed by atoms with Crippen molar-refractivity contribution < 1.29 is 13.2 Å². The van der Waals surface area contributed by atoms with E-state index in [4.69, 9.17) is 0 Å². The van der Waals surface area contributed by atoms with Crippen molar-refractivity contribution in [3.8, 4) is 10.6 Å². The van der Waals surface area contributed by atoms with Gasteiger partial charge in [0.2, 0.25) is 0 Å². The van der Waals surface area contributed by atoms with Gasteiger partial charge in [0.1, 0.15) is 22.5 Å². The third-order valence-electron chi connectivity index (χ3n) is 4.57. The van der Waals surface area contributed by atoms with Crippen molar-refractivity contribution >= 4 is 27.2 Å². The van der Waals surface area contributed by atoms with Crippen LogP contribution in [0.2, 0.25) is 0 Å². The summed E-state index contributed by atoms with van der Waals surface area (Å²) in [5, 5.41) is 3.59. The van der Waals surface area contributed by atoms with Gasteiger partial charge in [0.25, 0.3) is 0 Å². The zero-order valence-corrected chi connectivity index (χ0v) is 14.9. The Morgan fingerprint density at radius 1 is 1.04 bits per heavy atom. The van der Waals surface area contributed by atoms with Crippen molar-refractivity contribution in [2.24, 2.45) is 0 Å². The first-order chi connectivity index (χ1) is 12.6. The molecule has 0 saturated carbocycles. The molecule has 0 bridgehead atoms. The Hall–Kier alpha value is -2.12. The summed E-state index contributed by atoms with van der Waals surface area (Å²) in [6.07, 6.45) is 2.54. The Bertz CT molecular complexity index is 912. The fourth-order valence-electron chi connectivity index (χ4n) is 3.25. The minimum atomic E-state index is -0.939. The molecule has 3 aromatic rings. The molecule has 26 heavy (non-hydrogen) atoms. The smallest absolute Gasteiger partial charge is 0.139 e. The van der Waals surface area contributed by atoms with Gasteiger partial charge in [0, 0.05) is 30.9 Å². The van der Waals surface area contributed by atoms with E-state index < -0.39 is 17.5 Å². The summed E-state index contributed by atoms with van der Waals surface area (Å²) in [5.41, 5.74) is 1.33. The molecule has 0 aliphatic carbocycles. The molecule has 0 amide bonds. The molecule has 1 aliphatic rings. The molecule has 136 valence electrons. The molecular formula is C19H18F3N3S. The third kappa shape index (κ3) is 3.54. The fraction of sp³-hybridized carbons (Fsp3) is 0.316. The number of hydrogen-bond acceptors (Lipinski definition) is 4. The molecule has 1 aromatic heterocycles. The molecule has 2 heterocycles. The lowest BCUT2D eigenvalue weighted by atomic mass is 10.2. The SMILES string of the molecule is Fc1cc(F)c(-c2nc3ccc(NCCN4CCCC4)cc3s2)c(F)c1. The molecule has 1 N–H and O–H groups in total. The molecule has 0 atom stereocenters. The van der Waals surface area contributed by atoms with Crippen LogP contribution in [0.4, 0.5) is 18.9 Å². The Morgan fingerprint density at radius 3 is 2.50 bits per heavy atom. The van der Waals surface area contributed by atoms with Crippen molar-refractivity contribution in [2.75, 3.05) is 31.5 Å². The van der Waals surface area contributed by atoms with Crippen LogP contribution in [-0.4, -0.2) is 36.1 Å². The van der Waals surface area contributed by atoms with E-state index in [1.807, 2.05) is 18.2 Å². The summed E-state index contributed by atoms with van der Waals surface area (Å²) < 4.78 is 41.9. The Kier molecular flexibility index (Phi) is 4.82. The second-order valence-corrected chi connectivity index (χ2v) is 7.45. The molecule has 1 saturated heterocycles. The molecule has 2 aromatic carbocycles. The molecule has 1 fully saturated rings. The number of halogens is 3. The number of benzene rings is 2. The van der Waals surface area contributed by atoms with Crippen LogP contribution >= 0.6 is 11.3 Å². The first kappa shape index (κ1) is 17.3. The molecule has 1 aliphatic heterocycles. The highest BCUT2D eigenvalue weighted by Gasteiger charge is 2.17. The van der Waals surface area contributed by atoms with Crippen LogP contribution in [0.25, 0.3) is 20.8 Å². The van der Waals surface area contributed by atoms with Crippen LogP contribution in [0.5, 0.6) is 0 Å². The standard InChI is InChI=1S/C19H18F3N3S/c20-12-9-14(21)18(15(22)10-12)19-24-16-4-3-13(11-17(16)26-19)23-5-8-25-6-1-2-7-25/h3-4,9-11,23H,1-2,5-8H2. The maximum absolute atomic E-state index is 14.0. The third-order valence-corrected chi connectivity index (χ3v) is 5.60.